The summed E-state index contributed by atoms with van der Waals surface area (Å²) in [7, 11) is 0. The van der Waals surface area contributed by atoms with Crippen molar-refractivity contribution in [2.75, 3.05) is 5.84 Å². The topological polar surface area (TPSA) is 111 Å². The highest BCUT2D eigenvalue weighted by atomic mass is 32.1. The molecule has 0 radical (unpaired) electrons. The molecule has 0 aliphatic rings. The molecular formula is C30H21F7N6O2S. The summed E-state index contributed by atoms with van der Waals surface area (Å²) in [6.07, 6.45) is -2.41. The van der Waals surface area contributed by atoms with Crippen LogP contribution in [0.3, 0.4) is 0 Å². The van der Waals surface area contributed by atoms with Crippen molar-refractivity contribution < 1.29 is 40.6 Å². The Morgan fingerprint density at radius 3 is 2.30 bits per heavy atom. The van der Waals surface area contributed by atoms with Crippen molar-refractivity contribution in [3.63, 3.8) is 0 Å². The molecule has 0 bridgehead atoms. The van der Waals surface area contributed by atoms with Crippen LogP contribution in [0.15, 0.2) is 79.3 Å². The van der Waals surface area contributed by atoms with E-state index in [4.69, 9.17) is 5.84 Å². The number of nitrogen functional groups attached to an aromatic ring is 1. The number of amides is 1. The van der Waals surface area contributed by atoms with Crippen molar-refractivity contribution in [1.82, 2.24) is 25.0 Å². The first-order valence-corrected chi connectivity index (χ1v) is 13.9. The predicted octanol–water partition coefficient (Wildman–Crippen LogP) is 5.16. The Hall–Kier alpha value is -5.14. The number of thiophene rings is 1. The summed E-state index contributed by atoms with van der Waals surface area (Å²) < 4.78 is 99.1. The molecule has 1 amide bonds. The van der Waals surface area contributed by atoms with Gasteiger partial charge in [0.2, 0.25) is 0 Å². The lowest BCUT2D eigenvalue weighted by molar-refractivity contribution is -0.209. The summed E-state index contributed by atoms with van der Waals surface area (Å²) in [5.41, 5.74) is -5.23. The number of nitrogens with two attached hydrogens (primary N) is 1. The van der Waals surface area contributed by atoms with Crippen molar-refractivity contribution >= 4 is 17.2 Å². The number of carbonyl (C=O) groups excluding carboxylic acids is 1. The molecular weight excluding hydrogens is 641 g/mol. The molecule has 3 heterocycles. The minimum absolute atomic E-state index is 0.00242. The molecule has 1 unspecified atom stereocenters. The third kappa shape index (κ3) is 6.60. The molecule has 1 atom stereocenters. The van der Waals surface area contributed by atoms with Gasteiger partial charge in [0, 0.05) is 29.9 Å². The fraction of sp³-hybridized carbons (Fsp3) is 0.167. The van der Waals surface area contributed by atoms with Crippen LogP contribution in [0.5, 0.6) is 0 Å². The fourth-order valence-electron chi connectivity index (χ4n) is 4.32. The minimum atomic E-state index is -4.46. The molecule has 0 fully saturated rings. The lowest BCUT2D eigenvalue weighted by atomic mass is 9.84. The number of nitrogens with zero attached hydrogens (tertiary/aromatic N) is 4. The lowest BCUT2D eigenvalue weighted by Gasteiger charge is -2.37. The first-order chi connectivity index (χ1) is 21.7. The molecule has 5 rings (SSSR count). The van der Waals surface area contributed by atoms with Crippen LogP contribution in [0.1, 0.15) is 42.5 Å². The highest BCUT2D eigenvalue weighted by Crippen LogP contribution is 2.46. The highest BCUT2D eigenvalue weighted by molar-refractivity contribution is 7.14. The third-order valence-electron chi connectivity index (χ3n) is 6.83. The van der Waals surface area contributed by atoms with Gasteiger partial charge in [-0.3, -0.25) is 9.78 Å². The van der Waals surface area contributed by atoms with Gasteiger partial charge in [-0.05, 0) is 54.1 Å². The molecule has 8 nitrogen and oxygen atoms in total. The van der Waals surface area contributed by atoms with Gasteiger partial charge in [-0.2, -0.15) is 22.0 Å². The van der Waals surface area contributed by atoms with E-state index in [0.29, 0.717) is 27.5 Å². The van der Waals surface area contributed by atoms with Gasteiger partial charge in [-0.1, -0.05) is 24.0 Å². The van der Waals surface area contributed by atoms with Crippen LogP contribution in [-0.2, 0) is 30.8 Å². The van der Waals surface area contributed by atoms with Crippen LogP contribution < -0.4 is 11.2 Å². The molecule has 4 N–H and O–H groups in total. The largest absolute Gasteiger partial charge is 0.416 e. The maximum Gasteiger partial charge on any atom is 0.416 e. The minimum Gasteiger partial charge on any atom is -0.377 e. The van der Waals surface area contributed by atoms with E-state index in [2.05, 4.69) is 27.2 Å². The van der Waals surface area contributed by atoms with E-state index in [1.54, 1.807) is 6.07 Å². The number of halogens is 7. The monoisotopic (exact) mass is 662 g/mol. The SMILES string of the molecule is Nn1ncn1CC(O)(c1ccc(F)cc1F)C(F)(F)c1ccc(C#Cc2ccc(C(=O)NCc3ccc(C(F)(F)F)cc3)s2)cn1. The zero-order chi connectivity index (χ0) is 33.3. The molecule has 46 heavy (non-hydrogen) atoms. The molecule has 0 saturated heterocycles. The molecule has 0 aliphatic heterocycles. The number of aliphatic hydroxyl groups is 1. The average molecular weight is 663 g/mol. The summed E-state index contributed by atoms with van der Waals surface area (Å²) in [5.74, 6) is 3.87. The van der Waals surface area contributed by atoms with Crippen molar-refractivity contribution in [3.8, 4) is 11.8 Å². The number of hydrogen-bond acceptors (Lipinski definition) is 6. The van der Waals surface area contributed by atoms with Gasteiger partial charge in [0.25, 0.3) is 5.91 Å². The van der Waals surface area contributed by atoms with E-state index in [1.807, 2.05) is 0 Å². The van der Waals surface area contributed by atoms with Gasteiger partial charge in [-0.15, -0.1) is 21.3 Å². The van der Waals surface area contributed by atoms with Gasteiger partial charge >= 0.3 is 12.1 Å². The average Bonchev–Trinajstić information content (AvgIpc) is 3.50. The number of hydrogen-bond donors (Lipinski definition) is 3. The number of rotatable bonds is 8. The summed E-state index contributed by atoms with van der Waals surface area (Å²) in [6, 6.07) is 11.3. The summed E-state index contributed by atoms with van der Waals surface area (Å²) in [6.45, 7) is -0.956. The van der Waals surface area contributed by atoms with E-state index in [0.717, 1.165) is 52.8 Å². The standard InChI is InChI=1S/C30H21F7N6O2S/c31-21-7-10-23(24(32)13-21)28(45,16-42-17-41-43(42)38)29(33,34)26-12-4-19(14-39-26)3-8-22-9-11-25(46-22)27(44)40-15-18-1-5-20(6-2-18)30(35,36)37/h1-2,4-7,9-14,17,45H,15-16,38H2,(H,40,44). The highest BCUT2D eigenvalue weighted by Gasteiger charge is 2.58. The second-order valence-electron chi connectivity index (χ2n) is 9.93. The maximum atomic E-state index is 15.9. The Kier molecular flexibility index (Phi) is 8.65. The van der Waals surface area contributed by atoms with E-state index in [1.165, 1.54) is 24.3 Å². The van der Waals surface area contributed by atoms with Gasteiger partial charge in [0.05, 0.1) is 21.9 Å². The Labute approximate surface area is 259 Å². The molecule has 5 aromatic rings. The number of nitrogens with one attached hydrogen (secondary N) is 1. The summed E-state index contributed by atoms with van der Waals surface area (Å²) >= 11 is 1.03. The number of alkyl halides is 5. The molecule has 0 saturated carbocycles. The zero-order valence-electron chi connectivity index (χ0n) is 23.2. The molecule has 0 spiro atoms. The van der Waals surface area contributed by atoms with Crippen molar-refractivity contribution in [2.45, 2.75) is 30.8 Å². The van der Waals surface area contributed by atoms with Crippen LogP contribution in [0.4, 0.5) is 30.7 Å². The van der Waals surface area contributed by atoms with Crippen LogP contribution in [-0.4, -0.2) is 30.7 Å². The van der Waals surface area contributed by atoms with E-state index >= 15 is 8.78 Å². The summed E-state index contributed by atoms with van der Waals surface area (Å²) in [5, 5.41) is 17.4. The molecule has 238 valence electrons. The van der Waals surface area contributed by atoms with Crippen molar-refractivity contribution in [3.05, 3.63) is 129 Å². The van der Waals surface area contributed by atoms with Crippen LogP contribution >= 0.6 is 11.3 Å². The number of aromatic nitrogens is 4. The number of carbonyl (C=O) groups is 1. The van der Waals surface area contributed by atoms with Gasteiger partial charge in [0.15, 0.2) is 5.60 Å². The lowest BCUT2D eigenvalue weighted by Crippen LogP contribution is -2.50. The smallest absolute Gasteiger partial charge is 0.377 e. The Balaban J connectivity index is 1.29. The second kappa shape index (κ2) is 12.3. The molecule has 3 aromatic heterocycles. The number of benzene rings is 2. The fourth-order valence-corrected chi connectivity index (χ4v) is 5.09. The van der Waals surface area contributed by atoms with Gasteiger partial charge < -0.3 is 16.3 Å². The zero-order valence-corrected chi connectivity index (χ0v) is 24.0. The first-order valence-electron chi connectivity index (χ1n) is 13.1. The number of pyridine rings is 1. The van der Waals surface area contributed by atoms with Gasteiger partial charge in [0.1, 0.15) is 23.7 Å². The van der Waals surface area contributed by atoms with Crippen molar-refractivity contribution in [2.24, 2.45) is 0 Å². The Morgan fingerprint density at radius 2 is 1.72 bits per heavy atom. The molecule has 16 heteroatoms. The summed E-state index contributed by atoms with van der Waals surface area (Å²) in [4.78, 5) is 17.6. The van der Waals surface area contributed by atoms with Crippen LogP contribution in [0.25, 0.3) is 0 Å². The van der Waals surface area contributed by atoms with E-state index in [-0.39, 0.29) is 17.0 Å². The van der Waals surface area contributed by atoms with E-state index < -0.39 is 58.6 Å². The quantitative estimate of drug-likeness (QED) is 0.121. The van der Waals surface area contributed by atoms with E-state index in [9.17, 15) is 31.9 Å². The Bertz CT molecular complexity index is 1920. The van der Waals surface area contributed by atoms with Crippen LogP contribution in [0, 0.1) is 23.5 Å². The normalized spacial score (nSPS) is 13.1. The first kappa shape index (κ1) is 32.3. The second-order valence-corrected chi connectivity index (χ2v) is 11.0. The predicted molar refractivity (Wildman–Crippen MR) is 152 cm³/mol. The van der Waals surface area contributed by atoms with Crippen molar-refractivity contribution in [1.29, 1.82) is 0 Å². The van der Waals surface area contributed by atoms with Crippen LogP contribution in [0.2, 0.25) is 0 Å². The molecule has 0 aliphatic carbocycles. The maximum absolute atomic E-state index is 15.9. The molecule has 2 aromatic carbocycles. The Morgan fingerprint density at radius 1 is 0.978 bits per heavy atom. The van der Waals surface area contributed by atoms with Gasteiger partial charge in [-0.25, -0.2) is 13.5 Å². The third-order valence-corrected chi connectivity index (χ3v) is 7.83.